The smallest absolute Gasteiger partial charge is 0.0610 e. The van der Waals surface area contributed by atoms with Crippen molar-refractivity contribution in [1.29, 1.82) is 0 Å². The molecule has 1 unspecified atom stereocenters. The van der Waals surface area contributed by atoms with E-state index in [1.54, 1.807) is 0 Å². The van der Waals surface area contributed by atoms with E-state index in [-0.39, 0.29) is 12.1 Å². The van der Waals surface area contributed by atoms with Gasteiger partial charge in [-0.25, -0.2) is 0 Å². The SMILES string of the molecule is CCCNC(C)(CO)CCCCSCC1CCCC1. The molecule has 0 aliphatic heterocycles. The van der Waals surface area contributed by atoms with Gasteiger partial charge in [-0.1, -0.05) is 26.2 Å². The molecule has 19 heavy (non-hydrogen) atoms. The highest BCUT2D eigenvalue weighted by atomic mass is 32.2. The summed E-state index contributed by atoms with van der Waals surface area (Å²) < 4.78 is 0. The molecule has 0 bridgehead atoms. The zero-order valence-corrected chi connectivity index (χ0v) is 13.7. The first kappa shape index (κ1) is 17.3. The Kier molecular flexibility index (Phi) is 9.17. The van der Waals surface area contributed by atoms with Crippen LogP contribution in [-0.4, -0.2) is 35.3 Å². The fourth-order valence-corrected chi connectivity index (χ4v) is 4.04. The number of rotatable bonds is 11. The molecule has 0 radical (unpaired) electrons. The van der Waals surface area contributed by atoms with Gasteiger partial charge in [-0.3, -0.25) is 0 Å². The number of thioether (sulfide) groups is 1. The van der Waals surface area contributed by atoms with Crippen molar-refractivity contribution in [3.8, 4) is 0 Å². The van der Waals surface area contributed by atoms with Gasteiger partial charge in [-0.05, 0) is 63.0 Å². The highest BCUT2D eigenvalue weighted by Gasteiger charge is 2.21. The summed E-state index contributed by atoms with van der Waals surface area (Å²) in [6.07, 6.45) is 10.6. The highest BCUT2D eigenvalue weighted by Crippen LogP contribution is 2.28. The van der Waals surface area contributed by atoms with Gasteiger partial charge in [0, 0.05) is 5.54 Å². The second-order valence-corrected chi connectivity index (χ2v) is 7.48. The van der Waals surface area contributed by atoms with Crippen LogP contribution in [0.3, 0.4) is 0 Å². The number of hydrogen-bond donors (Lipinski definition) is 2. The van der Waals surface area contributed by atoms with Crippen LogP contribution in [0.2, 0.25) is 0 Å². The maximum atomic E-state index is 9.49. The van der Waals surface area contributed by atoms with Crippen LogP contribution >= 0.6 is 11.8 Å². The molecule has 1 atom stereocenters. The molecule has 1 rings (SSSR count). The van der Waals surface area contributed by atoms with Gasteiger partial charge in [0.15, 0.2) is 0 Å². The van der Waals surface area contributed by atoms with Crippen LogP contribution in [0, 0.1) is 5.92 Å². The summed E-state index contributed by atoms with van der Waals surface area (Å²) in [5.74, 6) is 3.69. The van der Waals surface area contributed by atoms with Crippen LogP contribution in [0.15, 0.2) is 0 Å². The van der Waals surface area contributed by atoms with Crippen LogP contribution in [0.1, 0.15) is 65.2 Å². The van der Waals surface area contributed by atoms with Gasteiger partial charge < -0.3 is 10.4 Å². The van der Waals surface area contributed by atoms with E-state index in [1.807, 2.05) is 0 Å². The van der Waals surface area contributed by atoms with Gasteiger partial charge in [0.25, 0.3) is 0 Å². The van der Waals surface area contributed by atoms with E-state index >= 15 is 0 Å². The minimum absolute atomic E-state index is 0.0634. The van der Waals surface area contributed by atoms with Gasteiger partial charge >= 0.3 is 0 Å². The zero-order valence-electron chi connectivity index (χ0n) is 12.9. The standard InChI is InChI=1S/C16H33NOS/c1-3-11-17-16(2,14-18)10-6-7-12-19-13-15-8-4-5-9-15/h15,17-18H,3-14H2,1-2H3. The minimum atomic E-state index is -0.0634. The maximum Gasteiger partial charge on any atom is 0.0610 e. The van der Waals surface area contributed by atoms with Crippen LogP contribution in [0.25, 0.3) is 0 Å². The van der Waals surface area contributed by atoms with E-state index in [9.17, 15) is 5.11 Å². The Morgan fingerprint density at radius 3 is 2.63 bits per heavy atom. The lowest BCUT2D eigenvalue weighted by atomic mass is 9.96. The Bertz CT molecular complexity index is 219. The first-order chi connectivity index (χ1) is 9.20. The van der Waals surface area contributed by atoms with Crippen molar-refractivity contribution in [3.05, 3.63) is 0 Å². The van der Waals surface area contributed by atoms with Gasteiger partial charge in [0.1, 0.15) is 0 Å². The summed E-state index contributed by atoms with van der Waals surface area (Å²) >= 11 is 2.14. The molecule has 1 aliphatic rings. The number of aliphatic hydroxyl groups excluding tert-OH is 1. The van der Waals surface area contributed by atoms with E-state index in [1.165, 1.54) is 50.0 Å². The third kappa shape index (κ3) is 7.57. The fourth-order valence-electron chi connectivity index (χ4n) is 2.80. The summed E-state index contributed by atoms with van der Waals surface area (Å²) in [5.41, 5.74) is -0.0634. The number of unbranched alkanes of at least 4 members (excludes halogenated alkanes) is 1. The largest absolute Gasteiger partial charge is 0.394 e. The Balaban J connectivity index is 1.98. The summed E-state index contributed by atoms with van der Waals surface area (Å²) in [4.78, 5) is 0. The fraction of sp³-hybridized carbons (Fsp3) is 1.00. The predicted molar refractivity (Wildman–Crippen MR) is 86.9 cm³/mol. The van der Waals surface area contributed by atoms with E-state index < -0.39 is 0 Å². The monoisotopic (exact) mass is 287 g/mol. The van der Waals surface area contributed by atoms with Crippen molar-refractivity contribution < 1.29 is 5.11 Å². The quantitative estimate of drug-likeness (QED) is 0.566. The molecule has 0 aromatic rings. The molecule has 0 aromatic heterocycles. The van der Waals surface area contributed by atoms with Crippen molar-refractivity contribution >= 4 is 11.8 Å². The molecule has 1 fully saturated rings. The Morgan fingerprint density at radius 1 is 1.26 bits per heavy atom. The second-order valence-electron chi connectivity index (χ2n) is 6.33. The molecule has 0 saturated heterocycles. The van der Waals surface area contributed by atoms with E-state index in [0.29, 0.717) is 0 Å². The molecule has 0 amide bonds. The molecular weight excluding hydrogens is 254 g/mol. The molecule has 114 valence electrons. The summed E-state index contributed by atoms with van der Waals surface area (Å²) in [7, 11) is 0. The van der Waals surface area contributed by atoms with Gasteiger partial charge in [-0.2, -0.15) is 11.8 Å². The number of hydrogen-bond acceptors (Lipinski definition) is 3. The molecule has 2 nitrogen and oxygen atoms in total. The lowest BCUT2D eigenvalue weighted by molar-refractivity contribution is 0.163. The lowest BCUT2D eigenvalue weighted by Gasteiger charge is -2.28. The van der Waals surface area contributed by atoms with Crippen molar-refractivity contribution in [2.24, 2.45) is 5.92 Å². The lowest BCUT2D eigenvalue weighted by Crippen LogP contribution is -2.46. The third-order valence-corrected chi connectivity index (χ3v) is 5.53. The molecule has 0 spiro atoms. The molecule has 1 aliphatic carbocycles. The Morgan fingerprint density at radius 2 is 2.00 bits per heavy atom. The Hall–Kier alpha value is 0.270. The maximum absolute atomic E-state index is 9.49. The zero-order chi connectivity index (χ0) is 14.0. The molecule has 2 N–H and O–H groups in total. The number of aliphatic hydroxyl groups is 1. The topological polar surface area (TPSA) is 32.3 Å². The van der Waals surface area contributed by atoms with Crippen molar-refractivity contribution in [2.75, 3.05) is 24.7 Å². The van der Waals surface area contributed by atoms with Gasteiger partial charge in [0.05, 0.1) is 6.61 Å². The first-order valence-corrected chi connectivity index (χ1v) is 9.29. The Labute approximate surface area is 124 Å². The average Bonchev–Trinajstić information content (AvgIpc) is 2.93. The number of nitrogens with one attached hydrogen (secondary N) is 1. The van der Waals surface area contributed by atoms with Crippen LogP contribution < -0.4 is 5.32 Å². The molecule has 3 heteroatoms. The van der Waals surface area contributed by atoms with Crippen molar-refractivity contribution in [3.63, 3.8) is 0 Å². The highest BCUT2D eigenvalue weighted by molar-refractivity contribution is 7.99. The molecule has 0 heterocycles. The third-order valence-electron chi connectivity index (χ3n) is 4.25. The second kappa shape index (κ2) is 10.1. The minimum Gasteiger partial charge on any atom is -0.394 e. The van der Waals surface area contributed by atoms with Crippen molar-refractivity contribution in [1.82, 2.24) is 5.32 Å². The van der Waals surface area contributed by atoms with Gasteiger partial charge in [-0.15, -0.1) is 0 Å². The van der Waals surface area contributed by atoms with E-state index in [4.69, 9.17) is 0 Å². The summed E-state index contributed by atoms with van der Waals surface area (Å²) in [6, 6.07) is 0. The van der Waals surface area contributed by atoms with Crippen LogP contribution in [0.5, 0.6) is 0 Å². The summed E-state index contributed by atoms with van der Waals surface area (Å²) in [5, 5.41) is 13.0. The van der Waals surface area contributed by atoms with Crippen molar-refractivity contribution in [2.45, 2.75) is 70.8 Å². The van der Waals surface area contributed by atoms with E-state index in [2.05, 4.69) is 30.9 Å². The molecular formula is C16H33NOS. The van der Waals surface area contributed by atoms with E-state index in [0.717, 1.165) is 25.3 Å². The normalized spacial score (nSPS) is 19.7. The first-order valence-electron chi connectivity index (χ1n) is 8.14. The van der Waals surface area contributed by atoms with Gasteiger partial charge in [0.2, 0.25) is 0 Å². The molecule has 0 aromatic carbocycles. The van der Waals surface area contributed by atoms with Crippen LogP contribution in [-0.2, 0) is 0 Å². The average molecular weight is 288 g/mol. The predicted octanol–water partition coefficient (Wildman–Crippen LogP) is 3.83. The summed E-state index contributed by atoms with van der Waals surface area (Å²) in [6.45, 7) is 5.58. The molecule has 1 saturated carbocycles. The van der Waals surface area contributed by atoms with Crippen LogP contribution in [0.4, 0.5) is 0 Å².